The second-order valence-corrected chi connectivity index (χ2v) is 8.63. The zero-order valence-electron chi connectivity index (χ0n) is 12.1. The second-order valence-electron chi connectivity index (χ2n) is 6.86. The van der Waals surface area contributed by atoms with Crippen molar-refractivity contribution >= 4 is 42.8 Å². The normalized spacial score (nSPS) is 19.1. The molecule has 1 aromatic heterocycles. The quantitative estimate of drug-likeness (QED) is 0.539. The second kappa shape index (κ2) is 5.10. The van der Waals surface area contributed by atoms with E-state index in [4.69, 9.17) is 4.98 Å². The van der Waals surface area contributed by atoms with E-state index in [-0.39, 0.29) is 0 Å². The van der Waals surface area contributed by atoms with Crippen molar-refractivity contribution in [2.75, 3.05) is 0 Å². The molecule has 106 valence electrons. The summed E-state index contributed by atoms with van der Waals surface area (Å²) in [6.07, 6.45) is 3.52. The molecule has 3 heteroatoms. The largest absolute Gasteiger partial charge is 0.251 e. The molecule has 2 aromatic rings. The first-order valence-electron chi connectivity index (χ1n) is 7.12. The maximum Gasteiger partial charge on any atom is 0.0848 e. The molecule has 3 rings (SSSR count). The molecule has 0 spiro atoms. The van der Waals surface area contributed by atoms with Crippen LogP contribution in [0.3, 0.4) is 0 Å². The molecule has 0 unspecified atom stereocenters. The van der Waals surface area contributed by atoms with Gasteiger partial charge in [-0.1, -0.05) is 36.7 Å². The zero-order valence-corrected chi connectivity index (χ0v) is 15.3. The highest BCUT2D eigenvalue weighted by Gasteiger charge is 2.29. The van der Waals surface area contributed by atoms with Gasteiger partial charge in [0.15, 0.2) is 0 Å². The maximum atomic E-state index is 4.91. The summed E-state index contributed by atoms with van der Waals surface area (Å²) in [6, 6.07) is 6.57. The van der Waals surface area contributed by atoms with Gasteiger partial charge in [-0.05, 0) is 70.3 Å². The summed E-state index contributed by atoms with van der Waals surface area (Å²) in [6.45, 7) is 7.05. The maximum absolute atomic E-state index is 4.91. The van der Waals surface area contributed by atoms with E-state index < -0.39 is 0 Å². The Labute approximate surface area is 137 Å². The molecule has 1 aliphatic carbocycles. The van der Waals surface area contributed by atoms with Crippen molar-refractivity contribution in [3.63, 3.8) is 0 Å². The molecule has 0 fully saturated rings. The van der Waals surface area contributed by atoms with Gasteiger partial charge in [-0.2, -0.15) is 0 Å². The number of fused-ring (bicyclic) bond motifs is 2. The van der Waals surface area contributed by atoms with Gasteiger partial charge in [0.1, 0.15) is 0 Å². The van der Waals surface area contributed by atoms with Crippen molar-refractivity contribution in [3.8, 4) is 0 Å². The van der Waals surface area contributed by atoms with Crippen molar-refractivity contribution in [2.24, 2.45) is 11.3 Å². The molecule has 1 aromatic carbocycles. The van der Waals surface area contributed by atoms with Crippen molar-refractivity contribution < 1.29 is 0 Å². The molecular weight excluding hydrogens is 378 g/mol. The SMILES string of the molecule is CC(C)(C)[C@H]1CCc2nc3c(Br)cc(Br)cc3cc2C1. The Balaban J connectivity index is 2.09. The van der Waals surface area contributed by atoms with Crippen molar-refractivity contribution in [1.29, 1.82) is 0 Å². The van der Waals surface area contributed by atoms with E-state index in [9.17, 15) is 0 Å². The average molecular weight is 397 g/mol. The van der Waals surface area contributed by atoms with Gasteiger partial charge < -0.3 is 0 Å². The zero-order chi connectivity index (χ0) is 14.5. The van der Waals surface area contributed by atoms with E-state index in [0.29, 0.717) is 5.41 Å². The average Bonchev–Trinajstić information content (AvgIpc) is 2.35. The number of pyridine rings is 1. The summed E-state index contributed by atoms with van der Waals surface area (Å²) in [5.74, 6) is 0.754. The summed E-state index contributed by atoms with van der Waals surface area (Å²) in [5.41, 5.74) is 4.20. The first-order chi connectivity index (χ1) is 9.34. The van der Waals surface area contributed by atoms with Crippen LogP contribution in [-0.2, 0) is 12.8 Å². The molecule has 0 N–H and O–H groups in total. The van der Waals surface area contributed by atoms with E-state index in [1.54, 1.807) is 0 Å². The fourth-order valence-electron chi connectivity index (χ4n) is 3.10. The van der Waals surface area contributed by atoms with Gasteiger partial charge in [0, 0.05) is 20.0 Å². The standard InChI is InChI=1S/C17H19Br2N/c1-17(2,3)12-4-5-15-10(7-12)6-11-8-13(18)9-14(19)16(11)20-15/h6,8-9,12H,4-5,7H2,1-3H3/t12-/m0/s1. The molecule has 0 amide bonds. The lowest BCUT2D eigenvalue weighted by Gasteiger charge is -2.34. The van der Waals surface area contributed by atoms with E-state index in [0.717, 1.165) is 33.2 Å². The van der Waals surface area contributed by atoms with Crippen LogP contribution < -0.4 is 0 Å². The van der Waals surface area contributed by atoms with Crippen molar-refractivity contribution in [1.82, 2.24) is 4.98 Å². The van der Waals surface area contributed by atoms with Crippen molar-refractivity contribution in [2.45, 2.75) is 40.0 Å². The summed E-state index contributed by atoms with van der Waals surface area (Å²) < 4.78 is 2.17. The molecule has 0 saturated carbocycles. The van der Waals surface area contributed by atoms with Crippen molar-refractivity contribution in [3.05, 3.63) is 38.4 Å². The molecule has 1 nitrogen and oxygen atoms in total. The lowest BCUT2D eigenvalue weighted by Crippen LogP contribution is -2.27. The van der Waals surface area contributed by atoms with E-state index in [2.05, 4.69) is 70.8 Å². The molecule has 0 radical (unpaired) electrons. The highest BCUT2D eigenvalue weighted by molar-refractivity contribution is 9.11. The molecule has 1 aliphatic rings. The third-order valence-corrected chi connectivity index (χ3v) is 5.49. The molecule has 0 bridgehead atoms. The Morgan fingerprint density at radius 1 is 1.15 bits per heavy atom. The van der Waals surface area contributed by atoms with Crippen LogP contribution in [-0.4, -0.2) is 4.98 Å². The van der Waals surface area contributed by atoms with Crippen LogP contribution in [0.1, 0.15) is 38.4 Å². The highest BCUT2D eigenvalue weighted by Crippen LogP contribution is 2.38. The van der Waals surface area contributed by atoms with Gasteiger partial charge in [0.25, 0.3) is 0 Å². The number of nitrogens with zero attached hydrogens (tertiary/aromatic N) is 1. The molecule has 0 aliphatic heterocycles. The van der Waals surface area contributed by atoms with Crippen LogP contribution in [0.5, 0.6) is 0 Å². The molecule has 0 saturated heterocycles. The summed E-state index contributed by atoms with van der Waals surface area (Å²) in [4.78, 5) is 4.91. The van der Waals surface area contributed by atoms with Crippen LogP contribution >= 0.6 is 31.9 Å². The number of hydrogen-bond acceptors (Lipinski definition) is 1. The highest BCUT2D eigenvalue weighted by atomic mass is 79.9. The summed E-state index contributed by atoms with van der Waals surface area (Å²) in [5, 5.41) is 1.22. The minimum atomic E-state index is 0.379. The van der Waals surface area contributed by atoms with Gasteiger partial charge >= 0.3 is 0 Å². The Bertz CT molecular complexity index is 671. The summed E-state index contributed by atoms with van der Waals surface area (Å²) in [7, 11) is 0. The predicted octanol–water partition coefficient (Wildman–Crippen LogP) is 5.91. The minimum Gasteiger partial charge on any atom is -0.251 e. The number of benzene rings is 1. The third kappa shape index (κ3) is 2.67. The van der Waals surface area contributed by atoms with Crippen LogP contribution in [0.4, 0.5) is 0 Å². The number of hydrogen-bond donors (Lipinski definition) is 0. The summed E-state index contributed by atoms with van der Waals surface area (Å²) >= 11 is 7.19. The monoisotopic (exact) mass is 395 g/mol. The van der Waals surface area contributed by atoms with Gasteiger partial charge in [0.05, 0.1) is 5.52 Å². The van der Waals surface area contributed by atoms with E-state index in [1.807, 2.05) is 0 Å². The Kier molecular flexibility index (Phi) is 3.70. The fourth-order valence-corrected chi connectivity index (χ4v) is 4.45. The molecule has 1 atom stereocenters. The smallest absolute Gasteiger partial charge is 0.0848 e. The number of aromatic nitrogens is 1. The Morgan fingerprint density at radius 3 is 2.60 bits per heavy atom. The van der Waals surface area contributed by atoms with Crippen LogP contribution in [0.25, 0.3) is 10.9 Å². The number of aryl methyl sites for hydroxylation is 1. The predicted molar refractivity (Wildman–Crippen MR) is 92.1 cm³/mol. The lowest BCUT2D eigenvalue weighted by molar-refractivity contribution is 0.215. The molecule has 1 heterocycles. The Hall–Kier alpha value is -0.410. The van der Waals surface area contributed by atoms with E-state index in [1.165, 1.54) is 23.1 Å². The first-order valence-corrected chi connectivity index (χ1v) is 8.71. The molecular formula is C17H19Br2N. The fraction of sp³-hybridized carbons (Fsp3) is 0.471. The van der Waals surface area contributed by atoms with Crippen LogP contribution in [0.2, 0.25) is 0 Å². The minimum absolute atomic E-state index is 0.379. The number of rotatable bonds is 0. The van der Waals surface area contributed by atoms with Gasteiger partial charge in [-0.3, -0.25) is 4.98 Å². The topological polar surface area (TPSA) is 12.9 Å². The Morgan fingerprint density at radius 2 is 1.90 bits per heavy atom. The van der Waals surface area contributed by atoms with Gasteiger partial charge in [-0.25, -0.2) is 0 Å². The molecule has 20 heavy (non-hydrogen) atoms. The third-order valence-electron chi connectivity index (χ3n) is 4.43. The van der Waals surface area contributed by atoms with Crippen LogP contribution in [0.15, 0.2) is 27.1 Å². The first kappa shape index (κ1) is 14.5. The van der Waals surface area contributed by atoms with E-state index >= 15 is 0 Å². The van der Waals surface area contributed by atoms with Gasteiger partial charge in [0.2, 0.25) is 0 Å². The lowest BCUT2D eigenvalue weighted by atomic mass is 9.71. The number of halogens is 2. The van der Waals surface area contributed by atoms with Crippen LogP contribution in [0, 0.1) is 11.3 Å². The van der Waals surface area contributed by atoms with Gasteiger partial charge in [-0.15, -0.1) is 0 Å².